The van der Waals surface area contributed by atoms with Crippen LogP contribution in [0.4, 0.5) is 0 Å². The summed E-state index contributed by atoms with van der Waals surface area (Å²) in [6.45, 7) is 14.2. The van der Waals surface area contributed by atoms with Crippen LogP contribution >= 0.6 is 11.8 Å². The van der Waals surface area contributed by atoms with Crippen LogP contribution in [0.3, 0.4) is 0 Å². The summed E-state index contributed by atoms with van der Waals surface area (Å²) in [5, 5.41) is 9.40. The van der Waals surface area contributed by atoms with E-state index in [-0.39, 0.29) is 36.2 Å². The number of aliphatic hydroxyl groups excluding tert-OH is 1. The summed E-state index contributed by atoms with van der Waals surface area (Å²) in [4.78, 5) is 44.1. The van der Waals surface area contributed by atoms with Gasteiger partial charge in [-0.05, 0) is 46.5 Å². The summed E-state index contributed by atoms with van der Waals surface area (Å²) in [6, 6.07) is -0.660. The number of amides is 2. The maximum Gasteiger partial charge on any atom is 0.310 e. The molecule has 8 heteroatoms. The topological polar surface area (TPSA) is 87.2 Å². The largest absolute Gasteiger partial charge is 0.465 e. The molecule has 3 aliphatic heterocycles. The standard InChI is InChI=1S/C24H36N2O5S/c1-6-8-15-31-22(30)17-16-10-11-24(32-16)18(17)20(28)25(13-9-14-27)19(24)21(29)26(12-7-2)23(3,4)5/h6-7,16-19,27H,1-2,8-15H2,3-5H3/t16-,17+,18-,19?,24?/m0/s1. The molecule has 2 unspecified atom stereocenters. The van der Waals surface area contributed by atoms with Gasteiger partial charge in [-0.25, -0.2) is 0 Å². The fraction of sp³-hybridized carbons (Fsp3) is 0.708. The lowest BCUT2D eigenvalue weighted by Gasteiger charge is -2.42. The minimum absolute atomic E-state index is 0.0158. The minimum Gasteiger partial charge on any atom is -0.465 e. The summed E-state index contributed by atoms with van der Waals surface area (Å²) >= 11 is 1.63. The maximum absolute atomic E-state index is 14.0. The normalized spacial score (nSPS) is 30.9. The van der Waals surface area contributed by atoms with E-state index in [1.165, 1.54) is 0 Å². The Labute approximate surface area is 195 Å². The maximum atomic E-state index is 14.0. The zero-order valence-electron chi connectivity index (χ0n) is 19.4. The molecule has 0 aliphatic carbocycles. The Bertz CT molecular complexity index is 779. The molecule has 3 saturated heterocycles. The van der Waals surface area contributed by atoms with Gasteiger partial charge in [-0.3, -0.25) is 14.4 Å². The Hall–Kier alpha value is -1.80. The lowest BCUT2D eigenvalue weighted by atomic mass is 9.71. The second-order valence-electron chi connectivity index (χ2n) is 9.82. The van der Waals surface area contributed by atoms with Crippen molar-refractivity contribution in [2.75, 3.05) is 26.3 Å². The van der Waals surface area contributed by atoms with Gasteiger partial charge in [0.05, 0.1) is 23.2 Å². The number of carbonyl (C=O) groups is 3. The summed E-state index contributed by atoms with van der Waals surface area (Å²) < 4.78 is 4.84. The number of aliphatic hydroxyl groups is 1. The quantitative estimate of drug-likeness (QED) is 0.304. The fourth-order valence-electron chi connectivity index (χ4n) is 5.49. The molecule has 5 atom stereocenters. The predicted octanol–water partition coefficient (Wildman–Crippen LogP) is 2.39. The highest BCUT2D eigenvalue weighted by molar-refractivity contribution is 8.02. The summed E-state index contributed by atoms with van der Waals surface area (Å²) in [7, 11) is 0. The van der Waals surface area contributed by atoms with Crippen LogP contribution in [-0.2, 0) is 19.1 Å². The van der Waals surface area contributed by atoms with E-state index < -0.39 is 28.2 Å². The number of esters is 1. The van der Waals surface area contributed by atoms with Gasteiger partial charge in [0.1, 0.15) is 6.04 Å². The van der Waals surface area contributed by atoms with Crippen molar-refractivity contribution < 1.29 is 24.2 Å². The Kier molecular flexibility index (Phi) is 7.44. The van der Waals surface area contributed by atoms with Crippen LogP contribution < -0.4 is 0 Å². The first-order chi connectivity index (χ1) is 15.1. The van der Waals surface area contributed by atoms with E-state index in [2.05, 4.69) is 13.2 Å². The van der Waals surface area contributed by atoms with Crippen molar-refractivity contribution in [1.82, 2.24) is 9.80 Å². The van der Waals surface area contributed by atoms with Crippen LogP contribution in [0.15, 0.2) is 25.3 Å². The second kappa shape index (κ2) is 9.59. The van der Waals surface area contributed by atoms with Crippen molar-refractivity contribution in [3.8, 4) is 0 Å². The highest BCUT2D eigenvalue weighted by Gasteiger charge is 2.74. The molecule has 0 aromatic carbocycles. The van der Waals surface area contributed by atoms with Gasteiger partial charge in [0, 0.05) is 30.5 Å². The molecule has 178 valence electrons. The molecule has 32 heavy (non-hydrogen) atoms. The Balaban J connectivity index is 1.98. The van der Waals surface area contributed by atoms with Gasteiger partial charge in [0.2, 0.25) is 11.8 Å². The van der Waals surface area contributed by atoms with E-state index in [1.54, 1.807) is 33.7 Å². The number of nitrogens with zero attached hydrogens (tertiary/aromatic N) is 2. The first-order valence-electron chi connectivity index (χ1n) is 11.4. The monoisotopic (exact) mass is 464 g/mol. The molecule has 0 radical (unpaired) electrons. The van der Waals surface area contributed by atoms with E-state index in [9.17, 15) is 19.5 Å². The average molecular weight is 465 g/mol. The number of carbonyl (C=O) groups excluding carboxylic acids is 3. The lowest BCUT2D eigenvalue weighted by molar-refractivity contribution is -0.154. The molecule has 2 bridgehead atoms. The molecule has 1 spiro atoms. The van der Waals surface area contributed by atoms with Crippen LogP contribution in [0, 0.1) is 11.8 Å². The number of hydrogen-bond donors (Lipinski definition) is 1. The van der Waals surface area contributed by atoms with Crippen LogP contribution in [0.25, 0.3) is 0 Å². The van der Waals surface area contributed by atoms with E-state index in [0.29, 0.717) is 32.4 Å². The van der Waals surface area contributed by atoms with E-state index >= 15 is 0 Å². The van der Waals surface area contributed by atoms with Gasteiger partial charge in [0.25, 0.3) is 0 Å². The Morgan fingerprint density at radius 3 is 2.66 bits per heavy atom. The van der Waals surface area contributed by atoms with Crippen molar-refractivity contribution in [3.05, 3.63) is 25.3 Å². The SMILES string of the molecule is C=CCCOC(=O)[C@@H]1[C@@H]2CCC3(S2)C(C(=O)N(CC=C)C(C)(C)C)N(CCCO)C(=O)[C@H]13. The molecule has 7 nitrogen and oxygen atoms in total. The van der Waals surface area contributed by atoms with Crippen molar-refractivity contribution in [3.63, 3.8) is 0 Å². The average Bonchev–Trinajstić information content (AvgIpc) is 3.36. The molecule has 0 aromatic rings. The summed E-state index contributed by atoms with van der Waals surface area (Å²) in [5.41, 5.74) is -0.448. The van der Waals surface area contributed by atoms with Crippen LogP contribution in [-0.4, -0.2) is 80.6 Å². The minimum atomic E-state index is -0.660. The number of thioether (sulfide) groups is 1. The third kappa shape index (κ3) is 4.12. The van der Waals surface area contributed by atoms with E-state index in [1.807, 2.05) is 20.8 Å². The Morgan fingerprint density at radius 1 is 1.34 bits per heavy atom. The first-order valence-corrected chi connectivity index (χ1v) is 12.3. The molecule has 3 aliphatic rings. The van der Waals surface area contributed by atoms with Crippen molar-refractivity contribution in [2.24, 2.45) is 11.8 Å². The number of fused-ring (bicyclic) bond motifs is 1. The van der Waals surface area contributed by atoms with Gasteiger partial charge < -0.3 is 19.6 Å². The Morgan fingerprint density at radius 2 is 2.06 bits per heavy atom. The number of rotatable bonds is 10. The molecular formula is C24H36N2O5S. The number of likely N-dealkylation sites (tertiary alicyclic amines) is 1. The van der Waals surface area contributed by atoms with Gasteiger partial charge in [-0.15, -0.1) is 24.9 Å². The van der Waals surface area contributed by atoms with Gasteiger partial charge in [0.15, 0.2) is 0 Å². The van der Waals surface area contributed by atoms with E-state index in [0.717, 1.165) is 6.42 Å². The summed E-state index contributed by atoms with van der Waals surface area (Å²) in [5.74, 6) is -1.73. The summed E-state index contributed by atoms with van der Waals surface area (Å²) in [6.07, 6.45) is 5.84. The molecule has 2 amide bonds. The molecule has 3 rings (SSSR count). The van der Waals surface area contributed by atoms with Gasteiger partial charge in [-0.2, -0.15) is 0 Å². The van der Waals surface area contributed by atoms with Crippen LogP contribution in [0.2, 0.25) is 0 Å². The smallest absolute Gasteiger partial charge is 0.310 e. The zero-order valence-corrected chi connectivity index (χ0v) is 20.2. The molecule has 3 fully saturated rings. The molecule has 0 saturated carbocycles. The second-order valence-corrected chi connectivity index (χ2v) is 11.4. The van der Waals surface area contributed by atoms with Crippen molar-refractivity contribution in [2.45, 2.75) is 68.0 Å². The highest BCUT2D eigenvalue weighted by atomic mass is 32.2. The molecule has 1 N–H and O–H groups in total. The highest BCUT2D eigenvalue weighted by Crippen LogP contribution is 2.66. The number of ether oxygens (including phenoxy) is 1. The predicted molar refractivity (Wildman–Crippen MR) is 125 cm³/mol. The van der Waals surface area contributed by atoms with Crippen LogP contribution in [0.1, 0.15) is 46.5 Å². The third-order valence-corrected chi connectivity index (χ3v) is 8.77. The van der Waals surface area contributed by atoms with Crippen molar-refractivity contribution >= 4 is 29.5 Å². The zero-order chi connectivity index (χ0) is 23.7. The molecule has 0 aromatic heterocycles. The van der Waals surface area contributed by atoms with Gasteiger partial charge >= 0.3 is 5.97 Å². The third-order valence-electron chi connectivity index (χ3n) is 6.82. The first kappa shape index (κ1) is 24.8. The van der Waals surface area contributed by atoms with Crippen LogP contribution in [0.5, 0.6) is 0 Å². The molecular weight excluding hydrogens is 428 g/mol. The molecule has 3 heterocycles. The fourth-order valence-corrected chi connectivity index (χ4v) is 7.69. The van der Waals surface area contributed by atoms with Crippen molar-refractivity contribution in [1.29, 1.82) is 0 Å². The lowest BCUT2D eigenvalue weighted by Crippen LogP contribution is -2.58. The van der Waals surface area contributed by atoms with E-state index in [4.69, 9.17) is 4.74 Å². The number of hydrogen-bond acceptors (Lipinski definition) is 6. The van der Waals surface area contributed by atoms with Gasteiger partial charge in [-0.1, -0.05) is 12.2 Å².